The van der Waals surface area contributed by atoms with E-state index in [0.717, 1.165) is 31.5 Å². The zero-order chi connectivity index (χ0) is 12.3. The van der Waals surface area contributed by atoms with Crippen LogP contribution >= 0.6 is 0 Å². The maximum Gasteiger partial charge on any atom is 0.176 e. The first-order chi connectivity index (χ1) is 8.34. The van der Waals surface area contributed by atoms with Crippen LogP contribution in [0.2, 0.25) is 0 Å². The molecule has 1 aromatic rings. The number of hydrogen-bond acceptors (Lipinski definition) is 3. The zero-order valence-corrected chi connectivity index (χ0v) is 10.3. The van der Waals surface area contributed by atoms with E-state index in [0.29, 0.717) is 6.54 Å². The van der Waals surface area contributed by atoms with Gasteiger partial charge in [-0.05, 0) is 25.9 Å². The van der Waals surface area contributed by atoms with Crippen LogP contribution in [0.1, 0.15) is 36.0 Å². The molecule has 3 nitrogen and oxygen atoms in total. The number of nitrogens with two attached hydrogens (primary N) is 1. The summed E-state index contributed by atoms with van der Waals surface area (Å²) in [7, 11) is 0. The third kappa shape index (κ3) is 6.19. The van der Waals surface area contributed by atoms with Gasteiger partial charge >= 0.3 is 0 Å². The van der Waals surface area contributed by atoms with Crippen LogP contribution in [0.4, 0.5) is 0 Å². The van der Waals surface area contributed by atoms with Crippen molar-refractivity contribution in [1.29, 1.82) is 0 Å². The Kier molecular flexibility index (Phi) is 7.27. The Morgan fingerprint density at radius 2 is 1.76 bits per heavy atom. The van der Waals surface area contributed by atoms with E-state index in [1.54, 1.807) is 0 Å². The average molecular weight is 234 g/mol. The molecule has 3 N–H and O–H groups in total. The van der Waals surface area contributed by atoms with E-state index in [-0.39, 0.29) is 5.78 Å². The van der Waals surface area contributed by atoms with Crippen LogP contribution in [0.3, 0.4) is 0 Å². The quantitative estimate of drug-likeness (QED) is 0.507. The van der Waals surface area contributed by atoms with Crippen LogP contribution in [0.15, 0.2) is 30.3 Å². The van der Waals surface area contributed by atoms with Gasteiger partial charge in [0.1, 0.15) is 0 Å². The molecule has 0 bridgehead atoms. The van der Waals surface area contributed by atoms with Gasteiger partial charge in [0, 0.05) is 5.56 Å². The summed E-state index contributed by atoms with van der Waals surface area (Å²) in [6.07, 6.45) is 4.58. The molecular formula is C14H22N2O. The van der Waals surface area contributed by atoms with Crippen molar-refractivity contribution in [1.82, 2.24) is 5.32 Å². The van der Waals surface area contributed by atoms with E-state index in [2.05, 4.69) is 5.32 Å². The summed E-state index contributed by atoms with van der Waals surface area (Å²) in [5.74, 6) is 0.160. The first-order valence-corrected chi connectivity index (χ1v) is 6.33. The molecular weight excluding hydrogens is 212 g/mol. The molecule has 94 valence electrons. The van der Waals surface area contributed by atoms with Gasteiger partial charge < -0.3 is 11.1 Å². The molecule has 3 heteroatoms. The Balaban J connectivity index is 2.05. The first kappa shape index (κ1) is 13.9. The van der Waals surface area contributed by atoms with Crippen LogP contribution in [0.5, 0.6) is 0 Å². The molecule has 0 heterocycles. The smallest absolute Gasteiger partial charge is 0.176 e. The molecule has 0 aromatic heterocycles. The van der Waals surface area contributed by atoms with Gasteiger partial charge in [-0.15, -0.1) is 0 Å². The minimum Gasteiger partial charge on any atom is -0.330 e. The van der Waals surface area contributed by atoms with Gasteiger partial charge in [0.2, 0.25) is 0 Å². The normalized spacial score (nSPS) is 10.4. The molecule has 0 amide bonds. The van der Waals surface area contributed by atoms with Gasteiger partial charge in [0.15, 0.2) is 5.78 Å². The maximum atomic E-state index is 11.7. The fraction of sp³-hybridized carbons (Fsp3) is 0.500. The summed E-state index contributed by atoms with van der Waals surface area (Å²) in [5, 5.41) is 3.18. The molecule has 0 fully saturated rings. The predicted octanol–water partition coefficient (Wildman–Crippen LogP) is 1.98. The summed E-state index contributed by atoms with van der Waals surface area (Å²) < 4.78 is 0. The number of unbranched alkanes of at least 4 members (excludes halogenated alkanes) is 3. The molecule has 0 unspecified atom stereocenters. The second-order valence-electron chi connectivity index (χ2n) is 4.17. The van der Waals surface area contributed by atoms with Crippen molar-refractivity contribution in [2.45, 2.75) is 25.7 Å². The van der Waals surface area contributed by atoms with Crippen molar-refractivity contribution in [3.63, 3.8) is 0 Å². The zero-order valence-electron chi connectivity index (χ0n) is 10.3. The van der Waals surface area contributed by atoms with Crippen LogP contribution in [0.25, 0.3) is 0 Å². The molecule has 1 aromatic carbocycles. The standard InChI is InChI=1S/C14H22N2O/c15-10-6-1-2-7-11-16-12-14(17)13-8-4-3-5-9-13/h3-5,8-9,16H,1-2,6-7,10-12,15H2. The highest BCUT2D eigenvalue weighted by Gasteiger charge is 2.02. The molecule has 0 radical (unpaired) electrons. The van der Waals surface area contributed by atoms with E-state index in [4.69, 9.17) is 5.73 Å². The van der Waals surface area contributed by atoms with Crippen molar-refractivity contribution >= 4 is 5.78 Å². The Morgan fingerprint density at radius 1 is 1.06 bits per heavy atom. The maximum absolute atomic E-state index is 11.7. The van der Waals surface area contributed by atoms with Gasteiger partial charge in [-0.3, -0.25) is 4.79 Å². The van der Waals surface area contributed by atoms with E-state index in [1.165, 1.54) is 12.8 Å². The number of nitrogens with one attached hydrogen (secondary N) is 1. The molecule has 0 spiro atoms. The second-order valence-corrected chi connectivity index (χ2v) is 4.17. The summed E-state index contributed by atoms with van der Waals surface area (Å²) >= 11 is 0. The Morgan fingerprint density at radius 3 is 2.47 bits per heavy atom. The monoisotopic (exact) mass is 234 g/mol. The van der Waals surface area contributed by atoms with Crippen LogP contribution < -0.4 is 11.1 Å². The van der Waals surface area contributed by atoms with E-state index in [9.17, 15) is 4.79 Å². The lowest BCUT2D eigenvalue weighted by Gasteiger charge is -2.04. The highest BCUT2D eigenvalue weighted by atomic mass is 16.1. The number of carbonyl (C=O) groups excluding carboxylic acids is 1. The third-order valence-corrected chi connectivity index (χ3v) is 2.69. The minimum atomic E-state index is 0.160. The second kappa shape index (κ2) is 8.90. The number of rotatable bonds is 9. The highest BCUT2D eigenvalue weighted by molar-refractivity contribution is 5.97. The van der Waals surface area contributed by atoms with Crippen molar-refractivity contribution < 1.29 is 4.79 Å². The van der Waals surface area contributed by atoms with E-state index >= 15 is 0 Å². The SMILES string of the molecule is NCCCCCCNCC(=O)c1ccccc1. The summed E-state index contributed by atoms with van der Waals surface area (Å²) in [6.45, 7) is 2.12. The van der Waals surface area contributed by atoms with Gasteiger partial charge in [-0.2, -0.15) is 0 Å². The number of benzene rings is 1. The number of carbonyl (C=O) groups is 1. The van der Waals surface area contributed by atoms with Crippen LogP contribution in [-0.2, 0) is 0 Å². The largest absolute Gasteiger partial charge is 0.330 e. The van der Waals surface area contributed by atoms with Crippen molar-refractivity contribution in [3.8, 4) is 0 Å². The minimum absolute atomic E-state index is 0.160. The van der Waals surface area contributed by atoms with Gasteiger partial charge in [0.05, 0.1) is 6.54 Å². The molecule has 0 saturated heterocycles. The highest BCUT2D eigenvalue weighted by Crippen LogP contribution is 1.99. The van der Waals surface area contributed by atoms with Gasteiger partial charge in [0.25, 0.3) is 0 Å². The molecule has 0 atom stereocenters. The first-order valence-electron chi connectivity index (χ1n) is 6.33. The predicted molar refractivity (Wildman–Crippen MR) is 71.2 cm³/mol. The summed E-state index contributed by atoms with van der Waals surface area (Å²) in [6, 6.07) is 9.40. The Bertz CT molecular complexity index is 311. The molecule has 17 heavy (non-hydrogen) atoms. The Labute approximate surface area is 103 Å². The molecule has 0 aliphatic carbocycles. The van der Waals surface area contributed by atoms with Crippen molar-refractivity contribution in [2.75, 3.05) is 19.6 Å². The molecule has 0 aliphatic rings. The third-order valence-electron chi connectivity index (χ3n) is 2.69. The number of Topliss-reactive ketones (excluding diaryl/α,β-unsaturated/α-hetero) is 1. The van der Waals surface area contributed by atoms with E-state index < -0.39 is 0 Å². The lowest BCUT2D eigenvalue weighted by molar-refractivity contribution is 0.0991. The molecule has 0 aliphatic heterocycles. The Hall–Kier alpha value is -1.19. The van der Waals surface area contributed by atoms with E-state index in [1.807, 2.05) is 30.3 Å². The van der Waals surface area contributed by atoms with Gasteiger partial charge in [-0.25, -0.2) is 0 Å². The summed E-state index contributed by atoms with van der Waals surface area (Å²) in [5.41, 5.74) is 6.19. The molecule has 0 saturated carbocycles. The van der Waals surface area contributed by atoms with Gasteiger partial charge in [-0.1, -0.05) is 43.2 Å². The fourth-order valence-corrected chi connectivity index (χ4v) is 1.68. The van der Waals surface area contributed by atoms with Crippen LogP contribution in [-0.4, -0.2) is 25.4 Å². The molecule has 1 rings (SSSR count). The topological polar surface area (TPSA) is 55.1 Å². The average Bonchev–Trinajstić information content (AvgIpc) is 2.38. The fourth-order valence-electron chi connectivity index (χ4n) is 1.68. The number of ketones is 1. The lowest BCUT2D eigenvalue weighted by atomic mass is 10.1. The lowest BCUT2D eigenvalue weighted by Crippen LogP contribution is -2.24. The van der Waals surface area contributed by atoms with Crippen LogP contribution in [0, 0.1) is 0 Å². The van der Waals surface area contributed by atoms with Crippen molar-refractivity contribution in [2.24, 2.45) is 5.73 Å². The van der Waals surface area contributed by atoms with Crippen molar-refractivity contribution in [3.05, 3.63) is 35.9 Å². The number of hydrogen-bond donors (Lipinski definition) is 2. The summed E-state index contributed by atoms with van der Waals surface area (Å²) in [4.78, 5) is 11.7.